The summed E-state index contributed by atoms with van der Waals surface area (Å²) in [7, 11) is 0. The molecular formula is C16H26. The van der Waals surface area contributed by atoms with Crippen LogP contribution in [0, 0.1) is 17.8 Å². The number of allylic oxidation sites excluding steroid dienone is 4. The normalized spacial score (nSPS) is 34.9. The molecule has 1 unspecified atom stereocenters. The maximum atomic E-state index is 2.53. The van der Waals surface area contributed by atoms with Crippen LogP contribution in [0.25, 0.3) is 0 Å². The summed E-state index contributed by atoms with van der Waals surface area (Å²) in [6.07, 6.45) is 17.1. The maximum Gasteiger partial charge on any atom is -0.0165 e. The van der Waals surface area contributed by atoms with Crippen LogP contribution in [0.15, 0.2) is 23.8 Å². The van der Waals surface area contributed by atoms with Gasteiger partial charge in [-0.15, -0.1) is 0 Å². The van der Waals surface area contributed by atoms with Crippen molar-refractivity contribution in [2.24, 2.45) is 17.8 Å². The van der Waals surface area contributed by atoms with Crippen LogP contribution in [0.2, 0.25) is 0 Å². The Morgan fingerprint density at radius 2 is 1.94 bits per heavy atom. The Morgan fingerprint density at radius 1 is 1.19 bits per heavy atom. The molecule has 2 aliphatic carbocycles. The van der Waals surface area contributed by atoms with E-state index in [1.165, 1.54) is 44.9 Å². The molecule has 0 bridgehead atoms. The van der Waals surface area contributed by atoms with E-state index in [2.05, 4.69) is 32.1 Å². The van der Waals surface area contributed by atoms with Gasteiger partial charge in [0.25, 0.3) is 0 Å². The van der Waals surface area contributed by atoms with Crippen molar-refractivity contribution < 1.29 is 0 Å². The van der Waals surface area contributed by atoms with Crippen molar-refractivity contribution in [2.45, 2.75) is 58.8 Å². The molecule has 0 heterocycles. The molecule has 1 fully saturated rings. The molecule has 0 heteroatoms. The fourth-order valence-corrected chi connectivity index (χ4v) is 3.16. The van der Waals surface area contributed by atoms with Crippen LogP contribution in [-0.2, 0) is 0 Å². The third-order valence-electron chi connectivity index (χ3n) is 4.36. The van der Waals surface area contributed by atoms with Gasteiger partial charge < -0.3 is 0 Å². The van der Waals surface area contributed by atoms with Gasteiger partial charge in [-0.05, 0) is 49.0 Å². The van der Waals surface area contributed by atoms with Gasteiger partial charge in [0.15, 0.2) is 0 Å². The Bertz CT molecular complexity index is 264. The maximum absolute atomic E-state index is 2.53. The van der Waals surface area contributed by atoms with E-state index in [4.69, 9.17) is 0 Å². The van der Waals surface area contributed by atoms with Gasteiger partial charge >= 0.3 is 0 Å². The van der Waals surface area contributed by atoms with E-state index in [0.29, 0.717) is 0 Å². The minimum Gasteiger partial charge on any atom is -0.0808 e. The lowest BCUT2D eigenvalue weighted by molar-refractivity contribution is 0.322. The average molecular weight is 218 g/mol. The first-order valence-electron chi connectivity index (χ1n) is 7.17. The van der Waals surface area contributed by atoms with E-state index in [0.717, 1.165) is 17.8 Å². The largest absolute Gasteiger partial charge is 0.0808 e. The van der Waals surface area contributed by atoms with Crippen LogP contribution in [0.5, 0.6) is 0 Å². The van der Waals surface area contributed by atoms with E-state index < -0.39 is 0 Å². The zero-order valence-electron chi connectivity index (χ0n) is 10.9. The second kappa shape index (κ2) is 5.70. The van der Waals surface area contributed by atoms with Gasteiger partial charge in [0, 0.05) is 0 Å². The van der Waals surface area contributed by atoms with E-state index in [-0.39, 0.29) is 0 Å². The van der Waals surface area contributed by atoms with Crippen molar-refractivity contribution >= 4 is 0 Å². The molecule has 0 amide bonds. The quantitative estimate of drug-likeness (QED) is 0.617. The van der Waals surface area contributed by atoms with Crippen molar-refractivity contribution in [2.75, 3.05) is 0 Å². The predicted octanol–water partition coefficient (Wildman–Crippen LogP) is 5.12. The molecular weight excluding hydrogens is 192 g/mol. The highest BCUT2D eigenvalue weighted by Crippen LogP contribution is 2.35. The summed E-state index contributed by atoms with van der Waals surface area (Å²) < 4.78 is 0. The summed E-state index contributed by atoms with van der Waals surface area (Å²) in [5, 5.41) is 0. The van der Waals surface area contributed by atoms with Crippen molar-refractivity contribution in [1.29, 1.82) is 0 Å². The highest BCUT2D eigenvalue weighted by Gasteiger charge is 2.21. The smallest absolute Gasteiger partial charge is 0.0165 e. The second-order valence-electron chi connectivity index (χ2n) is 5.80. The summed E-state index contributed by atoms with van der Waals surface area (Å²) in [5.41, 5.74) is 1.65. The van der Waals surface area contributed by atoms with Gasteiger partial charge in [0.1, 0.15) is 0 Å². The van der Waals surface area contributed by atoms with Crippen LogP contribution in [0.4, 0.5) is 0 Å². The lowest BCUT2D eigenvalue weighted by Gasteiger charge is -2.29. The topological polar surface area (TPSA) is 0 Å². The van der Waals surface area contributed by atoms with Crippen LogP contribution in [0.1, 0.15) is 58.8 Å². The first-order chi connectivity index (χ1) is 7.79. The average Bonchev–Trinajstić information content (AvgIpc) is 2.32. The first-order valence-corrected chi connectivity index (χ1v) is 7.17. The first kappa shape index (κ1) is 12.0. The van der Waals surface area contributed by atoms with Gasteiger partial charge in [-0.1, -0.05) is 51.3 Å². The molecule has 0 aliphatic heterocycles. The van der Waals surface area contributed by atoms with E-state index in [9.17, 15) is 0 Å². The third kappa shape index (κ3) is 2.99. The molecule has 0 nitrogen and oxygen atoms in total. The third-order valence-corrected chi connectivity index (χ3v) is 4.36. The predicted molar refractivity (Wildman–Crippen MR) is 71.4 cm³/mol. The summed E-state index contributed by atoms with van der Waals surface area (Å²) in [6.45, 7) is 4.69. The molecule has 0 radical (unpaired) electrons. The minimum absolute atomic E-state index is 0.830. The molecule has 0 spiro atoms. The summed E-state index contributed by atoms with van der Waals surface area (Å²) in [5.74, 6) is 2.68. The molecule has 0 aromatic rings. The molecule has 0 N–H and O–H groups in total. The Kier molecular flexibility index (Phi) is 4.26. The van der Waals surface area contributed by atoms with Gasteiger partial charge in [-0.25, -0.2) is 0 Å². The summed E-state index contributed by atoms with van der Waals surface area (Å²) in [4.78, 5) is 0. The molecule has 16 heavy (non-hydrogen) atoms. The highest BCUT2D eigenvalue weighted by atomic mass is 14.3. The van der Waals surface area contributed by atoms with E-state index >= 15 is 0 Å². The lowest BCUT2D eigenvalue weighted by Crippen LogP contribution is -2.15. The van der Waals surface area contributed by atoms with Crippen LogP contribution >= 0.6 is 0 Å². The Labute approximate surface area is 101 Å². The van der Waals surface area contributed by atoms with Crippen LogP contribution in [-0.4, -0.2) is 0 Å². The van der Waals surface area contributed by atoms with Crippen molar-refractivity contribution in [1.82, 2.24) is 0 Å². The Hall–Kier alpha value is -0.520. The summed E-state index contributed by atoms with van der Waals surface area (Å²) >= 11 is 0. The monoisotopic (exact) mass is 218 g/mol. The Balaban J connectivity index is 1.86. The van der Waals surface area contributed by atoms with Crippen LogP contribution < -0.4 is 0 Å². The van der Waals surface area contributed by atoms with Gasteiger partial charge in [0.2, 0.25) is 0 Å². The number of hydrogen-bond acceptors (Lipinski definition) is 0. The van der Waals surface area contributed by atoms with Crippen molar-refractivity contribution in [3.8, 4) is 0 Å². The number of hydrogen-bond donors (Lipinski definition) is 0. The van der Waals surface area contributed by atoms with Gasteiger partial charge in [-0.3, -0.25) is 0 Å². The zero-order chi connectivity index (χ0) is 11.4. The molecule has 2 aliphatic rings. The molecule has 1 saturated carbocycles. The van der Waals surface area contributed by atoms with Crippen molar-refractivity contribution in [3.63, 3.8) is 0 Å². The molecule has 2 rings (SSSR count). The molecule has 1 atom stereocenters. The fourth-order valence-electron chi connectivity index (χ4n) is 3.16. The van der Waals surface area contributed by atoms with Gasteiger partial charge in [-0.2, -0.15) is 0 Å². The zero-order valence-corrected chi connectivity index (χ0v) is 10.9. The van der Waals surface area contributed by atoms with E-state index in [1.54, 1.807) is 5.57 Å². The second-order valence-corrected chi connectivity index (χ2v) is 5.80. The molecule has 0 aromatic carbocycles. The standard InChI is InChI=1S/C16H26/c1-3-4-14-7-11-16(12-8-14)15-9-5-13(2)6-10-15/h7,11-15H,3-6,8-10H2,1-2H3. The Morgan fingerprint density at radius 3 is 2.50 bits per heavy atom. The van der Waals surface area contributed by atoms with Crippen LogP contribution in [0.3, 0.4) is 0 Å². The molecule has 0 saturated heterocycles. The SMILES string of the molecule is CCCC1C=CC(C2CCC(C)CC2)=CC1. The fraction of sp³-hybridized carbons (Fsp3) is 0.750. The van der Waals surface area contributed by atoms with Gasteiger partial charge in [0.05, 0.1) is 0 Å². The minimum atomic E-state index is 0.830. The number of rotatable bonds is 3. The summed E-state index contributed by atoms with van der Waals surface area (Å²) in [6, 6.07) is 0. The molecule has 90 valence electrons. The highest BCUT2D eigenvalue weighted by molar-refractivity contribution is 5.26. The lowest BCUT2D eigenvalue weighted by atomic mass is 9.77. The van der Waals surface area contributed by atoms with Crippen molar-refractivity contribution in [3.05, 3.63) is 23.8 Å². The molecule has 0 aromatic heterocycles. The van der Waals surface area contributed by atoms with E-state index in [1.807, 2.05) is 0 Å².